The summed E-state index contributed by atoms with van der Waals surface area (Å²) in [7, 11) is 0. The van der Waals surface area contributed by atoms with E-state index in [0.717, 1.165) is 19.4 Å². The number of anilines is 1. The number of non-ortho nitro benzene ring substituents is 1. The highest BCUT2D eigenvalue weighted by Crippen LogP contribution is 2.27. The van der Waals surface area contributed by atoms with Crippen molar-refractivity contribution in [2.24, 2.45) is 0 Å². The lowest BCUT2D eigenvalue weighted by molar-refractivity contribution is -0.384. The molecule has 6 nitrogen and oxygen atoms in total. The number of aliphatic hydroxyl groups is 1. The summed E-state index contributed by atoms with van der Waals surface area (Å²) in [6.07, 6.45) is 1.20. The summed E-state index contributed by atoms with van der Waals surface area (Å²) in [6.45, 7) is 1.22. The molecule has 1 heterocycles. The summed E-state index contributed by atoms with van der Waals surface area (Å²) < 4.78 is 0. The second kappa shape index (κ2) is 5.02. The van der Waals surface area contributed by atoms with Crippen molar-refractivity contribution >= 4 is 11.4 Å². The minimum atomic E-state index is -0.518. The van der Waals surface area contributed by atoms with E-state index in [0.29, 0.717) is 12.2 Å². The molecule has 6 heteroatoms. The maximum absolute atomic E-state index is 10.7. The smallest absolute Gasteiger partial charge is 0.270 e. The minimum absolute atomic E-state index is 0.0899. The number of aliphatic hydroxyl groups excluding tert-OH is 1. The van der Waals surface area contributed by atoms with Crippen LogP contribution in [0.5, 0.6) is 0 Å². The summed E-state index contributed by atoms with van der Waals surface area (Å²) in [4.78, 5) is 12.0. The fraction of sp³-hybridized carbons (Fsp3) is 0.417. The number of hydrogen-bond acceptors (Lipinski definition) is 5. The molecule has 0 unspecified atom stereocenters. The highest BCUT2D eigenvalue weighted by Gasteiger charge is 2.21. The van der Waals surface area contributed by atoms with Crippen LogP contribution in [0.4, 0.5) is 11.4 Å². The van der Waals surface area contributed by atoms with Crippen molar-refractivity contribution in [1.29, 1.82) is 5.26 Å². The molecule has 0 spiro atoms. The van der Waals surface area contributed by atoms with Crippen LogP contribution in [0.25, 0.3) is 0 Å². The van der Waals surface area contributed by atoms with E-state index in [1.807, 2.05) is 11.0 Å². The van der Waals surface area contributed by atoms with Crippen molar-refractivity contribution in [3.63, 3.8) is 0 Å². The molecular formula is C12H13N3O3. The second-order valence-corrected chi connectivity index (χ2v) is 4.31. The Kier molecular flexibility index (Phi) is 3.44. The molecule has 1 fully saturated rings. The van der Waals surface area contributed by atoms with Gasteiger partial charge in [-0.05, 0) is 18.9 Å². The third-order valence-electron chi connectivity index (χ3n) is 3.05. The van der Waals surface area contributed by atoms with Gasteiger partial charge >= 0.3 is 0 Å². The fourth-order valence-corrected chi connectivity index (χ4v) is 2.18. The van der Waals surface area contributed by atoms with Crippen LogP contribution >= 0.6 is 0 Å². The van der Waals surface area contributed by atoms with Crippen LogP contribution < -0.4 is 4.90 Å². The van der Waals surface area contributed by atoms with Gasteiger partial charge in [0.25, 0.3) is 5.69 Å². The molecule has 1 aromatic rings. The van der Waals surface area contributed by atoms with Gasteiger partial charge in [-0.3, -0.25) is 10.1 Å². The topological polar surface area (TPSA) is 90.4 Å². The first-order valence-corrected chi connectivity index (χ1v) is 5.73. The Hall–Kier alpha value is -2.13. The molecule has 1 N–H and O–H groups in total. The Bertz CT molecular complexity index is 510. The van der Waals surface area contributed by atoms with Crippen LogP contribution in [-0.4, -0.2) is 29.2 Å². The van der Waals surface area contributed by atoms with E-state index in [1.54, 1.807) is 6.07 Å². The summed E-state index contributed by atoms with van der Waals surface area (Å²) in [6, 6.07) is 6.21. The molecular weight excluding hydrogens is 234 g/mol. The molecule has 0 bridgehead atoms. The van der Waals surface area contributed by atoms with Gasteiger partial charge < -0.3 is 10.0 Å². The molecule has 18 heavy (non-hydrogen) atoms. The maximum atomic E-state index is 10.7. The number of nitriles is 1. The molecule has 1 aliphatic rings. The van der Waals surface area contributed by atoms with Gasteiger partial charge in [0.15, 0.2) is 0 Å². The first-order valence-electron chi connectivity index (χ1n) is 5.73. The average Bonchev–Trinajstić information content (AvgIpc) is 2.37. The minimum Gasteiger partial charge on any atom is -0.391 e. The number of rotatable bonds is 2. The standard InChI is InChI=1S/C12H13N3O3/c13-7-9-6-10(15(17)18)3-4-12(9)14-5-1-2-11(16)8-14/h3-4,6,11,16H,1-2,5,8H2/t11-/m1/s1. The normalized spacial score (nSPS) is 19.3. The Morgan fingerprint density at radius 1 is 1.56 bits per heavy atom. The van der Waals surface area contributed by atoms with Crippen LogP contribution in [0.15, 0.2) is 18.2 Å². The molecule has 1 aliphatic heterocycles. The number of nitrogens with zero attached hydrogens (tertiary/aromatic N) is 3. The molecule has 1 atom stereocenters. The molecule has 0 amide bonds. The Morgan fingerprint density at radius 2 is 2.33 bits per heavy atom. The van der Waals surface area contributed by atoms with E-state index in [2.05, 4.69) is 0 Å². The van der Waals surface area contributed by atoms with Crippen LogP contribution in [0.2, 0.25) is 0 Å². The van der Waals surface area contributed by atoms with Crippen molar-refractivity contribution in [2.75, 3.05) is 18.0 Å². The van der Waals surface area contributed by atoms with Crippen molar-refractivity contribution < 1.29 is 10.0 Å². The first-order chi connectivity index (χ1) is 8.61. The predicted molar refractivity (Wildman–Crippen MR) is 65.3 cm³/mol. The van der Waals surface area contributed by atoms with Crippen LogP contribution in [0.3, 0.4) is 0 Å². The van der Waals surface area contributed by atoms with Crippen molar-refractivity contribution in [3.8, 4) is 6.07 Å². The summed E-state index contributed by atoms with van der Waals surface area (Å²) in [5, 5.41) is 29.3. The second-order valence-electron chi connectivity index (χ2n) is 4.31. The highest BCUT2D eigenvalue weighted by molar-refractivity contribution is 5.63. The van der Waals surface area contributed by atoms with Crippen molar-refractivity contribution in [2.45, 2.75) is 18.9 Å². The van der Waals surface area contributed by atoms with E-state index in [-0.39, 0.29) is 11.3 Å². The average molecular weight is 247 g/mol. The van der Waals surface area contributed by atoms with Gasteiger partial charge in [-0.1, -0.05) is 0 Å². The Morgan fingerprint density at radius 3 is 2.94 bits per heavy atom. The maximum Gasteiger partial charge on any atom is 0.270 e. The lowest BCUT2D eigenvalue weighted by Crippen LogP contribution is -2.38. The van der Waals surface area contributed by atoms with Crippen LogP contribution in [0.1, 0.15) is 18.4 Å². The molecule has 1 aromatic carbocycles. The van der Waals surface area contributed by atoms with Gasteiger partial charge in [0, 0.05) is 25.2 Å². The third kappa shape index (κ3) is 2.41. The highest BCUT2D eigenvalue weighted by atomic mass is 16.6. The zero-order valence-corrected chi connectivity index (χ0v) is 9.74. The van der Waals surface area contributed by atoms with E-state index in [9.17, 15) is 15.2 Å². The van der Waals surface area contributed by atoms with Crippen LogP contribution in [0, 0.1) is 21.4 Å². The number of nitro benzene ring substituents is 1. The zero-order chi connectivity index (χ0) is 13.1. The molecule has 0 aromatic heterocycles. The van der Waals surface area contributed by atoms with Gasteiger partial charge in [0.05, 0.1) is 22.3 Å². The van der Waals surface area contributed by atoms with Gasteiger partial charge in [-0.25, -0.2) is 0 Å². The van der Waals surface area contributed by atoms with E-state index in [4.69, 9.17) is 5.26 Å². The van der Waals surface area contributed by atoms with E-state index >= 15 is 0 Å². The van der Waals surface area contributed by atoms with Gasteiger partial charge in [-0.15, -0.1) is 0 Å². The van der Waals surface area contributed by atoms with Gasteiger partial charge in [0.2, 0.25) is 0 Å². The lowest BCUT2D eigenvalue weighted by Gasteiger charge is -2.32. The fourth-order valence-electron chi connectivity index (χ4n) is 2.18. The largest absolute Gasteiger partial charge is 0.391 e. The molecule has 94 valence electrons. The number of β-amino-alcohol motifs (C(OH)–C–C–N with tert-alkyl or cyclic N) is 1. The Balaban J connectivity index is 2.33. The SMILES string of the molecule is N#Cc1cc([N+](=O)[O-])ccc1N1CCC[C@@H](O)C1. The summed E-state index contributed by atoms with van der Waals surface area (Å²) in [5.41, 5.74) is 0.841. The molecule has 0 aliphatic carbocycles. The molecule has 2 rings (SSSR count). The van der Waals surface area contributed by atoms with Crippen molar-refractivity contribution in [1.82, 2.24) is 0 Å². The van der Waals surface area contributed by atoms with E-state index < -0.39 is 11.0 Å². The molecule has 0 radical (unpaired) electrons. The lowest BCUT2D eigenvalue weighted by atomic mass is 10.1. The first kappa shape index (κ1) is 12.3. The monoisotopic (exact) mass is 247 g/mol. The van der Waals surface area contributed by atoms with Crippen molar-refractivity contribution in [3.05, 3.63) is 33.9 Å². The van der Waals surface area contributed by atoms with Crippen LogP contribution in [-0.2, 0) is 0 Å². The zero-order valence-electron chi connectivity index (χ0n) is 9.74. The quantitative estimate of drug-likeness (QED) is 0.630. The van der Waals surface area contributed by atoms with Gasteiger partial charge in [0.1, 0.15) is 6.07 Å². The molecule has 1 saturated heterocycles. The van der Waals surface area contributed by atoms with Gasteiger partial charge in [-0.2, -0.15) is 5.26 Å². The van der Waals surface area contributed by atoms with E-state index in [1.165, 1.54) is 12.1 Å². The Labute approximate surface area is 104 Å². The number of piperidine rings is 1. The third-order valence-corrected chi connectivity index (χ3v) is 3.05. The summed E-state index contributed by atoms with van der Waals surface area (Å²) in [5.74, 6) is 0. The molecule has 0 saturated carbocycles. The number of hydrogen-bond donors (Lipinski definition) is 1. The number of nitro groups is 1. The number of benzene rings is 1. The summed E-state index contributed by atoms with van der Waals surface area (Å²) >= 11 is 0. The predicted octanol–water partition coefficient (Wildman–Crippen LogP) is 1.43.